The maximum atomic E-state index is 12.2. The average molecular weight is 297 g/mol. The fourth-order valence-corrected chi connectivity index (χ4v) is 3.30. The molecule has 0 unspecified atom stereocenters. The normalized spacial score (nSPS) is 11.2. The molecule has 0 saturated heterocycles. The zero-order chi connectivity index (χ0) is 14.0. The van der Waals surface area contributed by atoms with Gasteiger partial charge in [0, 0.05) is 21.2 Å². The molecule has 102 valence electrons. The topological polar surface area (TPSA) is 55.1 Å². The van der Waals surface area contributed by atoms with Crippen molar-refractivity contribution in [2.45, 2.75) is 32.7 Å². The van der Waals surface area contributed by atoms with Crippen LogP contribution in [0.3, 0.4) is 0 Å². The number of carbonyl (C=O) groups excluding carboxylic acids is 1. The van der Waals surface area contributed by atoms with Gasteiger partial charge in [-0.1, -0.05) is 25.4 Å². The van der Waals surface area contributed by atoms with Gasteiger partial charge in [-0.15, -0.1) is 11.3 Å². The number of nitrogen functional groups attached to an aromatic ring is 1. The van der Waals surface area contributed by atoms with Crippen LogP contribution in [0.15, 0.2) is 18.2 Å². The first-order valence-corrected chi connectivity index (χ1v) is 7.54. The number of fused-ring (bicyclic) bond motifs is 1. The summed E-state index contributed by atoms with van der Waals surface area (Å²) in [6.45, 7) is 4.12. The van der Waals surface area contributed by atoms with Crippen molar-refractivity contribution in [2.24, 2.45) is 0 Å². The number of halogens is 1. The molecule has 1 amide bonds. The molecule has 0 radical (unpaired) electrons. The number of amides is 1. The Balaban J connectivity index is 2.34. The summed E-state index contributed by atoms with van der Waals surface area (Å²) < 4.78 is 0.944. The molecule has 19 heavy (non-hydrogen) atoms. The monoisotopic (exact) mass is 296 g/mol. The largest absolute Gasteiger partial charge is 0.397 e. The number of carbonyl (C=O) groups is 1. The third kappa shape index (κ3) is 2.85. The summed E-state index contributed by atoms with van der Waals surface area (Å²) >= 11 is 7.34. The molecule has 0 aliphatic rings. The van der Waals surface area contributed by atoms with Crippen LogP contribution in [0.1, 0.15) is 36.4 Å². The van der Waals surface area contributed by atoms with E-state index in [1.807, 2.05) is 12.1 Å². The molecule has 0 fully saturated rings. The maximum absolute atomic E-state index is 12.2. The minimum Gasteiger partial charge on any atom is -0.397 e. The number of anilines is 1. The van der Waals surface area contributed by atoms with Gasteiger partial charge in [-0.3, -0.25) is 4.79 Å². The van der Waals surface area contributed by atoms with Crippen LogP contribution in [0.4, 0.5) is 5.69 Å². The molecule has 0 bridgehead atoms. The third-order valence-corrected chi connectivity index (χ3v) is 4.62. The SMILES string of the molecule is CCC(CC)NC(=O)c1sc2cc(Cl)ccc2c1N. The standard InChI is InChI=1S/C14H17ClN2OS/c1-3-9(4-2)17-14(18)13-12(16)10-6-5-8(15)7-11(10)19-13/h5-7,9H,3-4,16H2,1-2H3,(H,17,18). The van der Waals surface area contributed by atoms with Gasteiger partial charge in [0.2, 0.25) is 0 Å². The van der Waals surface area contributed by atoms with Crippen molar-refractivity contribution in [2.75, 3.05) is 5.73 Å². The quantitative estimate of drug-likeness (QED) is 0.894. The maximum Gasteiger partial charge on any atom is 0.263 e. The van der Waals surface area contributed by atoms with Crippen molar-refractivity contribution in [3.63, 3.8) is 0 Å². The highest BCUT2D eigenvalue weighted by molar-refractivity contribution is 7.21. The molecule has 2 aromatic rings. The van der Waals surface area contributed by atoms with Crippen molar-refractivity contribution in [1.82, 2.24) is 5.32 Å². The van der Waals surface area contributed by atoms with Gasteiger partial charge in [0.05, 0.1) is 5.69 Å². The fourth-order valence-electron chi connectivity index (χ4n) is 2.00. The molecule has 0 aliphatic carbocycles. The molecular formula is C14H17ClN2OS. The van der Waals surface area contributed by atoms with Gasteiger partial charge >= 0.3 is 0 Å². The first-order chi connectivity index (χ1) is 9.06. The van der Waals surface area contributed by atoms with Crippen LogP contribution < -0.4 is 11.1 Å². The van der Waals surface area contributed by atoms with Gasteiger partial charge in [0.1, 0.15) is 4.88 Å². The van der Waals surface area contributed by atoms with E-state index in [1.54, 1.807) is 6.07 Å². The van der Waals surface area contributed by atoms with E-state index in [4.69, 9.17) is 17.3 Å². The van der Waals surface area contributed by atoms with Crippen LogP contribution in [0.25, 0.3) is 10.1 Å². The minimum absolute atomic E-state index is 0.0940. The summed E-state index contributed by atoms with van der Waals surface area (Å²) in [7, 11) is 0. The van der Waals surface area contributed by atoms with Crippen LogP contribution in [0.5, 0.6) is 0 Å². The second-order valence-electron chi connectivity index (χ2n) is 4.47. The lowest BCUT2D eigenvalue weighted by Gasteiger charge is -2.13. The van der Waals surface area contributed by atoms with Gasteiger partial charge in [-0.25, -0.2) is 0 Å². The van der Waals surface area contributed by atoms with Crippen molar-refractivity contribution in [3.8, 4) is 0 Å². The Kier molecular flexibility index (Phi) is 4.32. The smallest absolute Gasteiger partial charge is 0.263 e. The third-order valence-electron chi connectivity index (χ3n) is 3.22. The first kappa shape index (κ1) is 14.2. The molecule has 3 nitrogen and oxygen atoms in total. The van der Waals surface area contributed by atoms with Crippen LogP contribution in [0.2, 0.25) is 5.02 Å². The van der Waals surface area contributed by atoms with E-state index in [1.165, 1.54) is 11.3 Å². The molecule has 1 aromatic heterocycles. The average Bonchev–Trinajstić information content (AvgIpc) is 2.72. The lowest BCUT2D eigenvalue weighted by Crippen LogP contribution is -2.33. The van der Waals surface area contributed by atoms with Crippen molar-refractivity contribution in [3.05, 3.63) is 28.1 Å². The Morgan fingerprint density at radius 2 is 2.11 bits per heavy atom. The predicted octanol–water partition coefficient (Wildman–Crippen LogP) is 4.06. The molecule has 1 aromatic carbocycles. The van der Waals surface area contributed by atoms with E-state index in [2.05, 4.69) is 19.2 Å². The minimum atomic E-state index is -0.0940. The number of nitrogens with one attached hydrogen (secondary N) is 1. The second kappa shape index (κ2) is 5.80. The van der Waals surface area contributed by atoms with Gasteiger partial charge in [0.25, 0.3) is 5.91 Å². The van der Waals surface area contributed by atoms with E-state index in [0.29, 0.717) is 15.6 Å². The van der Waals surface area contributed by atoms with Gasteiger partial charge in [-0.05, 0) is 31.0 Å². The Labute approximate surface area is 121 Å². The Bertz CT molecular complexity index is 605. The zero-order valence-corrected chi connectivity index (χ0v) is 12.6. The van der Waals surface area contributed by atoms with Crippen molar-refractivity contribution < 1.29 is 4.79 Å². The number of rotatable bonds is 4. The lowest BCUT2D eigenvalue weighted by atomic mass is 10.1. The predicted molar refractivity (Wildman–Crippen MR) is 83.1 cm³/mol. The number of hydrogen-bond acceptors (Lipinski definition) is 3. The second-order valence-corrected chi connectivity index (χ2v) is 5.96. The summed E-state index contributed by atoms with van der Waals surface area (Å²) in [6.07, 6.45) is 1.83. The van der Waals surface area contributed by atoms with Crippen LogP contribution in [0, 0.1) is 0 Å². The van der Waals surface area contributed by atoms with Gasteiger partial charge in [-0.2, -0.15) is 0 Å². The molecule has 0 atom stereocenters. The first-order valence-electron chi connectivity index (χ1n) is 6.35. The van der Waals surface area contributed by atoms with Crippen LogP contribution >= 0.6 is 22.9 Å². The molecule has 2 rings (SSSR count). The van der Waals surface area contributed by atoms with Gasteiger partial charge < -0.3 is 11.1 Å². The highest BCUT2D eigenvalue weighted by Gasteiger charge is 2.18. The fraction of sp³-hybridized carbons (Fsp3) is 0.357. The van der Waals surface area contributed by atoms with Crippen LogP contribution in [-0.2, 0) is 0 Å². The summed E-state index contributed by atoms with van der Waals surface area (Å²) in [5.41, 5.74) is 6.60. The molecular weight excluding hydrogens is 280 g/mol. The highest BCUT2D eigenvalue weighted by Crippen LogP contribution is 2.35. The molecule has 5 heteroatoms. The Hall–Kier alpha value is -1.26. The molecule has 1 heterocycles. The zero-order valence-electron chi connectivity index (χ0n) is 11.0. The lowest BCUT2D eigenvalue weighted by molar-refractivity contribution is 0.0940. The summed E-state index contributed by atoms with van der Waals surface area (Å²) in [6, 6.07) is 5.68. The molecule has 0 spiro atoms. The van der Waals surface area contributed by atoms with Crippen molar-refractivity contribution >= 4 is 44.6 Å². The number of nitrogens with two attached hydrogens (primary N) is 1. The summed E-state index contributed by atoms with van der Waals surface area (Å²) in [4.78, 5) is 12.8. The Morgan fingerprint density at radius 1 is 1.42 bits per heavy atom. The summed E-state index contributed by atoms with van der Waals surface area (Å²) in [5, 5.41) is 4.55. The van der Waals surface area contributed by atoms with E-state index in [9.17, 15) is 4.79 Å². The molecule has 0 saturated carbocycles. The number of thiophene rings is 1. The Morgan fingerprint density at radius 3 is 2.74 bits per heavy atom. The van der Waals surface area contributed by atoms with E-state index < -0.39 is 0 Å². The summed E-state index contributed by atoms with van der Waals surface area (Å²) in [5.74, 6) is -0.0940. The number of benzene rings is 1. The molecule has 0 aliphatic heterocycles. The van der Waals surface area contributed by atoms with E-state index >= 15 is 0 Å². The molecule has 3 N–H and O–H groups in total. The highest BCUT2D eigenvalue weighted by atomic mass is 35.5. The van der Waals surface area contributed by atoms with E-state index in [0.717, 1.165) is 22.9 Å². The van der Waals surface area contributed by atoms with E-state index in [-0.39, 0.29) is 11.9 Å². The van der Waals surface area contributed by atoms with Crippen LogP contribution in [-0.4, -0.2) is 11.9 Å². The van der Waals surface area contributed by atoms with Gasteiger partial charge in [0.15, 0.2) is 0 Å². The van der Waals surface area contributed by atoms with Crippen molar-refractivity contribution in [1.29, 1.82) is 0 Å². The number of hydrogen-bond donors (Lipinski definition) is 2.